The van der Waals surface area contributed by atoms with Gasteiger partial charge in [-0.15, -0.1) is 0 Å². The van der Waals surface area contributed by atoms with Crippen LogP contribution in [0.15, 0.2) is 15.5 Å². The number of halogens is 1. The fraction of sp³-hybridized carbons (Fsp3) is 0.714. The first-order chi connectivity index (χ1) is 8.91. The van der Waals surface area contributed by atoms with E-state index in [1.54, 1.807) is 10.8 Å². The van der Waals surface area contributed by atoms with Gasteiger partial charge in [0, 0.05) is 25.3 Å². The monoisotopic (exact) mass is 329 g/mol. The highest BCUT2D eigenvalue weighted by Gasteiger charge is 2.06. The lowest BCUT2D eigenvalue weighted by atomic mass is 10.0. The second-order valence-corrected chi connectivity index (χ2v) is 6.29. The van der Waals surface area contributed by atoms with Crippen molar-refractivity contribution in [3.8, 4) is 0 Å². The predicted octanol–water partition coefficient (Wildman–Crippen LogP) is 2.73. The van der Waals surface area contributed by atoms with Crippen LogP contribution in [0, 0.1) is 12.8 Å². The molecule has 0 bridgehead atoms. The fourth-order valence-electron chi connectivity index (χ4n) is 1.92. The van der Waals surface area contributed by atoms with Gasteiger partial charge in [0.25, 0.3) is 5.56 Å². The lowest BCUT2D eigenvalue weighted by molar-refractivity contribution is 0.437. The summed E-state index contributed by atoms with van der Waals surface area (Å²) in [6.07, 6.45) is 3.96. The quantitative estimate of drug-likeness (QED) is 0.836. The molecule has 0 aliphatic rings. The SMILES string of the molecule is Cc1ncc(Br)c(=O)n1CCNC(C)CCC(C)C. The van der Waals surface area contributed by atoms with Crippen LogP contribution in [-0.4, -0.2) is 22.1 Å². The highest BCUT2D eigenvalue weighted by molar-refractivity contribution is 9.10. The third-order valence-electron chi connectivity index (χ3n) is 3.21. The number of aryl methyl sites for hydroxylation is 1. The summed E-state index contributed by atoms with van der Waals surface area (Å²) >= 11 is 3.23. The van der Waals surface area contributed by atoms with E-state index in [2.05, 4.69) is 47.0 Å². The van der Waals surface area contributed by atoms with E-state index in [0.717, 1.165) is 18.3 Å². The Balaban J connectivity index is 2.45. The topological polar surface area (TPSA) is 46.9 Å². The molecule has 1 rings (SSSR count). The van der Waals surface area contributed by atoms with E-state index in [1.165, 1.54) is 12.8 Å². The standard InChI is InChI=1S/C14H24BrN3O/c1-10(2)5-6-11(3)16-7-8-18-12(4)17-9-13(15)14(18)19/h9-11,16H,5-8H2,1-4H3. The summed E-state index contributed by atoms with van der Waals surface area (Å²) in [6.45, 7) is 9.97. The molecule has 0 aliphatic heterocycles. The summed E-state index contributed by atoms with van der Waals surface area (Å²) < 4.78 is 2.22. The molecule has 0 saturated carbocycles. The Kier molecular flexibility index (Phi) is 6.72. The first-order valence-electron chi connectivity index (χ1n) is 6.87. The Morgan fingerprint density at radius 2 is 2.05 bits per heavy atom. The van der Waals surface area contributed by atoms with Crippen LogP contribution in [0.4, 0.5) is 0 Å². The zero-order valence-electron chi connectivity index (χ0n) is 12.2. The fourth-order valence-corrected chi connectivity index (χ4v) is 2.24. The second-order valence-electron chi connectivity index (χ2n) is 5.44. The molecule has 5 heteroatoms. The molecule has 0 amide bonds. The molecule has 0 aliphatic carbocycles. The van der Waals surface area contributed by atoms with Gasteiger partial charge in [-0.05, 0) is 48.5 Å². The van der Waals surface area contributed by atoms with Crippen molar-refractivity contribution in [2.24, 2.45) is 5.92 Å². The van der Waals surface area contributed by atoms with Crippen molar-refractivity contribution < 1.29 is 0 Å². The molecular weight excluding hydrogens is 306 g/mol. The number of hydrogen-bond donors (Lipinski definition) is 1. The van der Waals surface area contributed by atoms with Gasteiger partial charge >= 0.3 is 0 Å². The smallest absolute Gasteiger partial charge is 0.267 e. The van der Waals surface area contributed by atoms with Crippen molar-refractivity contribution in [1.82, 2.24) is 14.9 Å². The first-order valence-corrected chi connectivity index (χ1v) is 7.66. The molecule has 4 nitrogen and oxygen atoms in total. The maximum atomic E-state index is 11.9. The maximum absolute atomic E-state index is 11.9. The molecule has 0 aromatic carbocycles. The molecule has 0 fully saturated rings. The molecule has 1 atom stereocenters. The van der Waals surface area contributed by atoms with Crippen LogP contribution in [0.5, 0.6) is 0 Å². The normalized spacial score (nSPS) is 12.9. The summed E-state index contributed by atoms with van der Waals surface area (Å²) in [5.74, 6) is 1.49. The summed E-state index contributed by atoms with van der Waals surface area (Å²) in [5, 5.41) is 3.46. The summed E-state index contributed by atoms with van der Waals surface area (Å²) in [7, 11) is 0. The Morgan fingerprint density at radius 3 is 2.68 bits per heavy atom. The molecule has 1 N–H and O–H groups in total. The molecule has 0 radical (unpaired) electrons. The molecule has 1 unspecified atom stereocenters. The van der Waals surface area contributed by atoms with E-state index in [9.17, 15) is 4.79 Å². The zero-order chi connectivity index (χ0) is 14.4. The average Bonchev–Trinajstić information content (AvgIpc) is 2.35. The highest BCUT2D eigenvalue weighted by Crippen LogP contribution is 2.06. The zero-order valence-corrected chi connectivity index (χ0v) is 13.8. The predicted molar refractivity (Wildman–Crippen MR) is 82.5 cm³/mol. The van der Waals surface area contributed by atoms with Crippen molar-refractivity contribution in [3.05, 3.63) is 26.8 Å². The molecule has 19 heavy (non-hydrogen) atoms. The average molecular weight is 330 g/mol. The summed E-state index contributed by atoms with van der Waals surface area (Å²) in [6, 6.07) is 0.485. The van der Waals surface area contributed by atoms with Crippen molar-refractivity contribution in [2.45, 2.75) is 53.1 Å². The minimum atomic E-state index is -0.0101. The summed E-state index contributed by atoms with van der Waals surface area (Å²) in [4.78, 5) is 16.1. The van der Waals surface area contributed by atoms with Crippen molar-refractivity contribution in [1.29, 1.82) is 0 Å². The third-order valence-corrected chi connectivity index (χ3v) is 3.75. The van der Waals surface area contributed by atoms with Crippen LogP contribution in [0.1, 0.15) is 39.4 Å². The number of nitrogens with zero attached hydrogens (tertiary/aromatic N) is 2. The first kappa shape index (κ1) is 16.4. The van der Waals surface area contributed by atoms with Gasteiger partial charge in [0.15, 0.2) is 0 Å². The van der Waals surface area contributed by atoms with Gasteiger partial charge < -0.3 is 5.32 Å². The molecule has 1 aromatic heterocycles. The Labute approximate surface area is 123 Å². The van der Waals surface area contributed by atoms with Crippen LogP contribution in [0.25, 0.3) is 0 Å². The van der Waals surface area contributed by atoms with Crippen molar-refractivity contribution >= 4 is 15.9 Å². The molecular formula is C14H24BrN3O. The van der Waals surface area contributed by atoms with Crippen molar-refractivity contribution in [3.63, 3.8) is 0 Å². The molecule has 0 spiro atoms. The van der Waals surface area contributed by atoms with E-state index in [1.807, 2.05) is 6.92 Å². The number of rotatable bonds is 7. The van der Waals surface area contributed by atoms with Gasteiger partial charge in [-0.1, -0.05) is 13.8 Å². The number of hydrogen-bond acceptors (Lipinski definition) is 3. The van der Waals surface area contributed by atoms with Gasteiger partial charge in [0.1, 0.15) is 10.3 Å². The van der Waals surface area contributed by atoms with Gasteiger partial charge in [-0.3, -0.25) is 9.36 Å². The highest BCUT2D eigenvalue weighted by atomic mass is 79.9. The molecule has 108 valence electrons. The van der Waals surface area contributed by atoms with Gasteiger partial charge in [-0.25, -0.2) is 4.98 Å². The minimum absolute atomic E-state index is 0.0101. The van der Waals surface area contributed by atoms with E-state index >= 15 is 0 Å². The van der Waals surface area contributed by atoms with Gasteiger partial charge in [-0.2, -0.15) is 0 Å². The second kappa shape index (κ2) is 7.80. The maximum Gasteiger partial charge on any atom is 0.267 e. The van der Waals surface area contributed by atoms with E-state index in [-0.39, 0.29) is 5.56 Å². The molecule has 0 saturated heterocycles. The summed E-state index contributed by atoms with van der Waals surface area (Å²) in [5.41, 5.74) is -0.0101. The minimum Gasteiger partial charge on any atom is -0.312 e. The largest absolute Gasteiger partial charge is 0.312 e. The number of aromatic nitrogens is 2. The van der Waals surface area contributed by atoms with Crippen LogP contribution in [0.2, 0.25) is 0 Å². The Bertz CT molecular complexity index is 456. The van der Waals surface area contributed by atoms with Crippen molar-refractivity contribution in [2.75, 3.05) is 6.54 Å². The molecule has 1 heterocycles. The molecule has 1 aromatic rings. The van der Waals surface area contributed by atoms with Crippen LogP contribution in [-0.2, 0) is 6.54 Å². The van der Waals surface area contributed by atoms with Crippen LogP contribution < -0.4 is 10.9 Å². The lowest BCUT2D eigenvalue weighted by Gasteiger charge is -2.16. The lowest BCUT2D eigenvalue weighted by Crippen LogP contribution is -2.33. The van der Waals surface area contributed by atoms with E-state index in [0.29, 0.717) is 17.1 Å². The van der Waals surface area contributed by atoms with Crippen LogP contribution in [0.3, 0.4) is 0 Å². The number of nitrogens with one attached hydrogen (secondary N) is 1. The third kappa shape index (κ3) is 5.45. The Morgan fingerprint density at radius 1 is 1.37 bits per heavy atom. The van der Waals surface area contributed by atoms with Gasteiger partial charge in [0.05, 0.1) is 0 Å². The van der Waals surface area contributed by atoms with E-state index in [4.69, 9.17) is 0 Å². The van der Waals surface area contributed by atoms with Gasteiger partial charge in [0.2, 0.25) is 0 Å². The Hall–Kier alpha value is -0.680. The van der Waals surface area contributed by atoms with Crippen LogP contribution >= 0.6 is 15.9 Å². The van der Waals surface area contributed by atoms with E-state index < -0.39 is 0 Å².